The molecule has 0 saturated carbocycles. The molecule has 0 unspecified atom stereocenters. The Kier molecular flexibility index (Phi) is 6.02. The van der Waals surface area contributed by atoms with Gasteiger partial charge in [-0.15, -0.1) is 0 Å². The van der Waals surface area contributed by atoms with Crippen molar-refractivity contribution in [2.75, 3.05) is 20.7 Å². The summed E-state index contributed by atoms with van der Waals surface area (Å²) in [4.78, 5) is 12.7. The van der Waals surface area contributed by atoms with Gasteiger partial charge in [0.2, 0.25) is 5.91 Å². The number of aliphatic hydroxyl groups is 1. The van der Waals surface area contributed by atoms with E-state index in [0.29, 0.717) is 6.42 Å². The van der Waals surface area contributed by atoms with E-state index in [9.17, 15) is 18.0 Å². The van der Waals surface area contributed by atoms with Gasteiger partial charge in [0.25, 0.3) is 0 Å². The Hall–Kier alpha value is -1.76. The first-order valence-electron chi connectivity index (χ1n) is 6.39. The van der Waals surface area contributed by atoms with E-state index in [4.69, 9.17) is 9.84 Å². The summed E-state index contributed by atoms with van der Waals surface area (Å²) in [5.74, 6) is -0.401. The fourth-order valence-electron chi connectivity index (χ4n) is 1.65. The highest BCUT2D eigenvalue weighted by atomic mass is 19.4. The average molecular weight is 305 g/mol. The van der Waals surface area contributed by atoms with E-state index in [0.717, 1.165) is 6.07 Å². The third-order valence-electron chi connectivity index (χ3n) is 2.82. The molecule has 0 saturated heterocycles. The molecule has 7 heteroatoms. The lowest BCUT2D eigenvalue weighted by molar-refractivity contribution is -0.139. The van der Waals surface area contributed by atoms with Gasteiger partial charge in [0.05, 0.1) is 18.8 Å². The second kappa shape index (κ2) is 7.31. The third kappa shape index (κ3) is 5.26. The zero-order valence-corrected chi connectivity index (χ0v) is 11.9. The average Bonchev–Trinajstić information content (AvgIpc) is 2.42. The number of carbonyl (C=O) groups is 1. The van der Waals surface area contributed by atoms with Crippen LogP contribution in [0, 0.1) is 0 Å². The summed E-state index contributed by atoms with van der Waals surface area (Å²) in [6.45, 7) is -0.457. The molecule has 0 heterocycles. The standard InChI is InChI=1S/C14H18F3NO3/c1-18(2)13(20)4-3-7-21-12-6-5-10(9-19)8-11(12)14(15,16)17/h5-6,8,19H,3-4,7,9H2,1-2H3. The summed E-state index contributed by atoms with van der Waals surface area (Å²) >= 11 is 0. The van der Waals surface area contributed by atoms with E-state index in [1.165, 1.54) is 17.0 Å². The van der Waals surface area contributed by atoms with Gasteiger partial charge in [-0.2, -0.15) is 13.2 Å². The molecule has 0 aliphatic carbocycles. The van der Waals surface area contributed by atoms with Crippen LogP contribution in [0.2, 0.25) is 0 Å². The summed E-state index contributed by atoms with van der Waals surface area (Å²) in [5, 5.41) is 8.90. The Bertz CT molecular complexity index is 487. The van der Waals surface area contributed by atoms with Crippen LogP contribution in [0.1, 0.15) is 24.0 Å². The van der Waals surface area contributed by atoms with Crippen LogP contribution < -0.4 is 4.74 Å². The first kappa shape index (κ1) is 17.3. The quantitative estimate of drug-likeness (QED) is 0.821. The number of ether oxygens (including phenoxy) is 1. The summed E-state index contributed by atoms with van der Waals surface area (Å²) in [7, 11) is 3.22. The molecular weight excluding hydrogens is 287 g/mol. The largest absolute Gasteiger partial charge is 0.493 e. The number of hydrogen-bond donors (Lipinski definition) is 1. The highest BCUT2D eigenvalue weighted by molar-refractivity contribution is 5.75. The second-order valence-electron chi connectivity index (χ2n) is 4.73. The maximum atomic E-state index is 12.9. The highest BCUT2D eigenvalue weighted by Crippen LogP contribution is 2.36. The van der Waals surface area contributed by atoms with E-state index in [2.05, 4.69) is 0 Å². The van der Waals surface area contributed by atoms with Crippen molar-refractivity contribution in [2.24, 2.45) is 0 Å². The maximum Gasteiger partial charge on any atom is 0.419 e. The number of benzene rings is 1. The van der Waals surface area contributed by atoms with Gasteiger partial charge in [-0.3, -0.25) is 4.79 Å². The Balaban J connectivity index is 2.68. The van der Waals surface area contributed by atoms with Crippen molar-refractivity contribution in [3.63, 3.8) is 0 Å². The Labute approximate surface area is 121 Å². The summed E-state index contributed by atoms with van der Waals surface area (Å²) < 4.78 is 43.8. The molecule has 0 aromatic heterocycles. The predicted molar refractivity (Wildman–Crippen MR) is 70.8 cm³/mol. The molecule has 1 rings (SSSR count). The maximum absolute atomic E-state index is 12.9. The molecule has 0 radical (unpaired) electrons. The highest BCUT2D eigenvalue weighted by Gasteiger charge is 2.34. The van der Waals surface area contributed by atoms with Gasteiger partial charge >= 0.3 is 6.18 Å². The van der Waals surface area contributed by atoms with Crippen molar-refractivity contribution in [3.05, 3.63) is 29.3 Å². The van der Waals surface area contributed by atoms with Crippen molar-refractivity contribution in [2.45, 2.75) is 25.6 Å². The number of carbonyl (C=O) groups excluding carboxylic acids is 1. The van der Waals surface area contributed by atoms with E-state index in [1.54, 1.807) is 14.1 Å². The first-order chi connectivity index (χ1) is 9.75. The minimum absolute atomic E-state index is 0.0150. The van der Waals surface area contributed by atoms with Crippen LogP contribution in [-0.4, -0.2) is 36.6 Å². The van der Waals surface area contributed by atoms with Crippen LogP contribution in [0.5, 0.6) is 5.75 Å². The van der Waals surface area contributed by atoms with Gasteiger partial charge in [-0.05, 0) is 24.1 Å². The minimum Gasteiger partial charge on any atom is -0.493 e. The van der Waals surface area contributed by atoms with Gasteiger partial charge in [-0.1, -0.05) is 6.07 Å². The lowest BCUT2D eigenvalue weighted by atomic mass is 10.1. The molecule has 1 aromatic carbocycles. The Morgan fingerprint density at radius 1 is 1.33 bits per heavy atom. The number of rotatable bonds is 6. The normalized spacial score (nSPS) is 11.3. The van der Waals surface area contributed by atoms with Crippen molar-refractivity contribution >= 4 is 5.91 Å². The van der Waals surface area contributed by atoms with Crippen LogP contribution >= 0.6 is 0 Å². The lowest BCUT2D eigenvalue weighted by Crippen LogP contribution is -2.21. The summed E-state index contributed by atoms with van der Waals surface area (Å²) in [6.07, 6.45) is -4.01. The molecule has 1 aromatic rings. The van der Waals surface area contributed by atoms with Gasteiger partial charge in [0.15, 0.2) is 0 Å². The SMILES string of the molecule is CN(C)C(=O)CCCOc1ccc(CO)cc1C(F)(F)F. The first-order valence-corrected chi connectivity index (χ1v) is 6.39. The van der Waals surface area contributed by atoms with Crippen molar-refractivity contribution in [1.82, 2.24) is 4.90 Å². The molecule has 0 spiro atoms. The predicted octanol–water partition coefficient (Wildman–Crippen LogP) is 2.44. The molecule has 0 fully saturated rings. The molecule has 1 amide bonds. The number of halogens is 3. The number of amides is 1. The van der Waals surface area contributed by atoms with Crippen LogP contribution in [0.4, 0.5) is 13.2 Å². The zero-order chi connectivity index (χ0) is 16.0. The van der Waals surface area contributed by atoms with Crippen LogP contribution in [0.25, 0.3) is 0 Å². The number of alkyl halides is 3. The number of aliphatic hydroxyl groups excluding tert-OH is 1. The lowest BCUT2D eigenvalue weighted by Gasteiger charge is -2.15. The zero-order valence-electron chi connectivity index (χ0n) is 11.9. The Morgan fingerprint density at radius 3 is 2.52 bits per heavy atom. The van der Waals surface area contributed by atoms with Gasteiger partial charge < -0.3 is 14.7 Å². The minimum atomic E-state index is -4.56. The molecule has 118 valence electrons. The smallest absolute Gasteiger partial charge is 0.419 e. The van der Waals surface area contributed by atoms with E-state index in [1.807, 2.05) is 0 Å². The van der Waals surface area contributed by atoms with Gasteiger partial charge in [-0.25, -0.2) is 0 Å². The molecule has 0 bridgehead atoms. The fourth-order valence-corrected chi connectivity index (χ4v) is 1.65. The molecule has 0 aliphatic heterocycles. The summed E-state index contributed by atoms with van der Waals surface area (Å²) in [6, 6.07) is 3.41. The number of hydrogen-bond acceptors (Lipinski definition) is 3. The van der Waals surface area contributed by atoms with E-state index in [-0.39, 0.29) is 30.2 Å². The van der Waals surface area contributed by atoms with Crippen LogP contribution in [0.15, 0.2) is 18.2 Å². The molecule has 0 atom stereocenters. The summed E-state index contributed by atoms with van der Waals surface area (Å²) in [5.41, 5.74) is -0.759. The van der Waals surface area contributed by atoms with Gasteiger partial charge in [0.1, 0.15) is 5.75 Å². The monoisotopic (exact) mass is 305 g/mol. The van der Waals surface area contributed by atoms with E-state index >= 15 is 0 Å². The van der Waals surface area contributed by atoms with Crippen molar-refractivity contribution < 1.29 is 27.8 Å². The van der Waals surface area contributed by atoms with Crippen LogP contribution in [-0.2, 0) is 17.6 Å². The van der Waals surface area contributed by atoms with Crippen molar-refractivity contribution in [3.8, 4) is 5.75 Å². The topological polar surface area (TPSA) is 49.8 Å². The molecule has 1 N–H and O–H groups in total. The molecule has 0 aliphatic rings. The molecule has 21 heavy (non-hydrogen) atoms. The third-order valence-corrected chi connectivity index (χ3v) is 2.82. The van der Waals surface area contributed by atoms with Crippen LogP contribution in [0.3, 0.4) is 0 Å². The molecule has 4 nitrogen and oxygen atoms in total. The fraction of sp³-hybridized carbons (Fsp3) is 0.500. The second-order valence-corrected chi connectivity index (χ2v) is 4.73. The van der Waals surface area contributed by atoms with Gasteiger partial charge in [0, 0.05) is 20.5 Å². The number of nitrogens with zero attached hydrogens (tertiary/aromatic N) is 1. The molecular formula is C14H18F3NO3. The Morgan fingerprint density at radius 2 is 2.00 bits per heavy atom. The van der Waals surface area contributed by atoms with Crippen molar-refractivity contribution in [1.29, 1.82) is 0 Å². The van der Waals surface area contributed by atoms with E-state index < -0.39 is 18.3 Å².